The third-order valence-electron chi connectivity index (χ3n) is 3.57. The lowest BCUT2D eigenvalue weighted by atomic mass is 10.1. The molecule has 3 aromatic rings. The molecule has 0 aliphatic heterocycles. The summed E-state index contributed by atoms with van der Waals surface area (Å²) in [4.78, 5) is 18.0. The molecule has 0 unspecified atom stereocenters. The molecular formula is C17H20N6. The fraction of sp³-hybridized carbons (Fsp3) is 0.235. The number of nitrogens with zero attached hydrogens (tertiary/aromatic N) is 4. The Bertz CT molecular complexity index is 734. The Kier molecular flexibility index (Phi) is 4.52. The second kappa shape index (κ2) is 6.91. The molecule has 0 aliphatic carbocycles. The van der Waals surface area contributed by atoms with Crippen molar-refractivity contribution >= 4 is 11.6 Å². The number of aromatic amines is 1. The van der Waals surface area contributed by atoms with Gasteiger partial charge in [-0.05, 0) is 18.2 Å². The van der Waals surface area contributed by atoms with E-state index in [4.69, 9.17) is 0 Å². The van der Waals surface area contributed by atoms with Gasteiger partial charge in [-0.15, -0.1) is 0 Å². The van der Waals surface area contributed by atoms with E-state index in [0.717, 1.165) is 29.9 Å². The summed E-state index contributed by atoms with van der Waals surface area (Å²) in [6.07, 6.45) is 6.14. The SMILES string of the molecule is CN(C)c1ccc(-c2ccnc(NCCc3cnc[nH]3)n2)cc1. The number of aromatic nitrogens is 4. The second-order valence-electron chi connectivity index (χ2n) is 5.46. The molecule has 0 spiro atoms. The minimum atomic E-state index is 0.638. The van der Waals surface area contributed by atoms with Crippen molar-refractivity contribution in [2.75, 3.05) is 30.9 Å². The van der Waals surface area contributed by atoms with Crippen molar-refractivity contribution in [1.82, 2.24) is 19.9 Å². The highest BCUT2D eigenvalue weighted by atomic mass is 15.1. The van der Waals surface area contributed by atoms with Crippen LogP contribution in [0.1, 0.15) is 5.69 Å². The summed E-state index contributed by atoms with van der Waals surface area (Å²) in [5, 5.41) is 3.24. The maximum absolute atomic E-state index is 4.57. The minimum absolute atomic E-state index is 0.638. The van der Waals surface area contributed by atoms with Crippen molar-refractivity contribution in [2.45, 2.75) is 6.42 Å². The predicted molar refractivity (Wildman–Crippen MR) is 92.6 cm³/mol. The van der Waals surface area contributed by atoms with Crippen LogP contribution < -0.4 is 10.2 Å². The van der Waals surface area contributed by atoms with E-state index in [9.17, 15) is 0 Å². The van der Waals surface area contributed by atoms with Crippen LogP contribution in [0.25, 0.3) is 11.3 Å². The molecule has 0 fully saturated rings. The summed E-state index contributed by atoms with van der Waals surface area (Å²) in [7, 11) is 4.06. The molecule has 0 bridgehead atoms. The van der Waals surface area contributed by atoms with Gasteiger partial charge in [-0.25, -0.2) is 15.0 Å². The van der Waals surface area contributed by atoms with Crippen molar-refractivity contribution in [1.29, 1.82) is 0 Å². The lowest BCUT2D eigenvalue weighted by molar-refractivity contribution is 0.954. The normalized spacial score (nSPS) is 10.5. The maximum Gasteiger partial charge on any atom is 0.223 e. The average molecular weight is 308 g/mol. The summed E-state index contributed by atoms with van der Waals surface area (Å²) < 4.78 is 0. The highest BCUT2D eigenvalue weighted by molar-refractivity contribution is 5.63. The van der Waals surface area contributed by atoms with Gasteiger partial charge in [0.05, 0.1) is 12.0 Å². The predicted octanol–water partition coefficient (Wildman–Crippen LogP) is 2.59. The monoisotopic (exact) mass is 308 g/mol. The summed E-state index contributed by atoms with van der Waals surface area (Å²) in [6.45, 7) is 0.755. The van der Waals surface area contributed by atoms with Crippen LogP contribution in [0, 0.1) is 0 Å². The molecule has 6 nitrogen and oxygen atoms in total. The number of benzene rings is 1. The molecule has 0 saturated heterocycles. The van der Waals surface area contributed by atoms with Gasteiger partial charge in [0.2, 0.25) is 5.95 Å². The Hall–Kier alpha value is -2.89. The zero-order valence-corrected chi connectivity index (χ0v) is 13.3. The summed E-state index contributed by atoms with van der Waals surface area (Å²) in [5.41, 5.74) is 4.25. The second-order valence-corrected chi connectivity index (χ2v) is 5.46. The molecule has 1 aromatic carbocycles. The highest BCUT2D eigenvalue weighted by Crippen LogP contribution is 2.21. The van der Waals surface area contributed by atoms with Gasteiger partial charge in [-0.2, -0.15) is 0 Å². The van der Waals surface area contributed by atoms with Crippen molar-refractivity contribution < 1.29 is 0 Å². The van der Waals surface area contributed by atoms with Gasteiger partial charge in [0, 0.05) is 56.4 Å². The Labute approximate surface area is 135 Å². The zero-order valence-electron chi connectivity index (χ0n) is 13.3. The van der Waals surface area contributed by atoms with E-state index in [1.54, 1.807) is 12.5 Å². The standard InChI is InChI=1S/C17H20N6/c1-23(2)15-5-3-13(4-6-15)16-8-10-20-17(22-16)19-9-7-14-11-18-12-21-14/h3-6,8,10-12H,7,9H2,1-2H3,(H,18,21)(H,19,20,22). The van der Waals surface area contributed by atoms with Gasteiger partial charge in [0.25, 0.3) is 0 Å². The number of H-pyrrole nitrogens is 1. The van der Waals surface area contributed by atoms with Gasteiger partial charge < -0.3 is 15.2 Å². The van der Waals surface area contributed by atoms with Crippen LogP contribution in [0.5, 0.6) is 0 Å². The van der Waals surface area contributed by atoms with E-state index >= 15 is 0 Å². The molecule has 23 heavy (non-hydrogen) atoms. The number of anilines is 2. The lowest BCUT2D eigenvalue weighted by Crippen LogP contribution is -2.09. The number of nitrogens with one attached hydrogen (secondary N) is 2. The van der Waals surface area contributed by atoms with Crippen molar-refractivity contribution in [3.05, 3.63) is 54.7 Å². The molecule has 0 saturated carbocycles. The maximum atomic E-state index is 4.57. The first-order chi connectivity index (χ1) is 11.2. The lowest BCUT2D eigenvalue weighted by Gasteiger charge is -2.12. The molecule has 6 heteroatoms. The van der Waals surface area contributed by atoms with Gasteiger partial charge in [0.15, 0.2) is 0 Å². The van der Waals surface area contributed by atoms with Gasteiger partial charge >= 0.3 is 0 Å². The largest absolute Gasteiger partial charge is 0.378 e. The first kappa shape index (κ1) is 15.0. The fourth-order valence-electron chi connectivity index (χ4n) is 2.27. The van der Waals surface area contributed by atoms with Gasteiger partial charge in [0.1, 0.15) is 0 Å². The zero-order chi connectivity index (χ0) is 16.1. The van der Waals surface area contributed by atoms with Crippen molar-refractivity contribution in [2.24, 2.45) is 0 Å². The topological polar surface area (TPSA) is 69.7 Å². The average Bonchev–Trinajstić information content (AvgIpc) is 3.09. The molecule has 0 aliphatic rings. The molecule has 3 rings (SSSR count). The minimum Gasteiger partial charge on any atom is -0.378 e. The van der Waals surface area contributed by atoms with Crippen LogP contribution in [0.2, 0.25) is 0 Å². The quantitative estimate of drug-likeness (QED) is 0.732. The number of imidazole rings is 1. The highest BCUT2D eigenvalue weighted by Gasteiger charge is 2.03. The molecule has 0 radical (unpaired) electrons. The number of hydrogen-bond donors (Lipinski definition) is 2. The Morgan fingerprint density at radius 3 is 2.65 bits per heavy atom. The number of hydrogen-bond acceptors (Lipinski definition) is 5. The van der Waals surface area contributed by atoms with Crippen molar-refractivity contribution in [3.8, 4) is 11.3 Å². The molecule has 2 heterocycles. The van der Waals surface area contributed by atoms with E-state index in [1.165, 1.54) is 5.69 Å². The van der Waals surface area contributed by atoms with Crippen molar-refractivity contribution in [3.63, 3.8) is 0 Å². The summed E-state index contributed by atoms with van der Waals surface area (Å²) >= 11 is 0. The van der Waals surface area contributed by atoms with E-state index in [-0.39, 0.29) is 0 Å². The molecule has 2 aromatic heterocycles. The molecule has 0 atom stereocenters. The Morgan fingerprint density at radius 1 is 1.13 bits per heavy atom. The molecule has 2 N–H and O–H groups in total. The smallest absolute Gasteiger partial charge is 0.223 e. The third-order valence-corrected chi connectivity index (χ3v) is 3.57. The van der Waals surface area contributed by atoms with E-state index in [1.807, 2.05) is 26.4 Å². The van der Waals surface area contributed by atoms with Crippen LogP contribution in [0.4, 0.5) is 11.6 Å². The third kappa shape index (κ3) is 3.85. The van der Waals surface area contributed by atoms with Crippen LogP contribution in [-0.2, 0) is 6.42 Å². The first-order valence-electron chi connectivity index (χ1n) is 7.54. The molecule has 0 amide bonds. The van der Waals surface area contributed by atoms with E-state index in [0.29, 0.717) is 5.95 Å². The number of rotatable bonds is 6. The fourth-order valence-corrected chi connectivity index (χ4v) is 2.27. The summed E-state index contributed by atoms with van der Waals surface area (Å²) in [6, 6.07) is 10.2. The van der Waals surface area contributed by atoms with Gasteiger partial charge in [-0.3, -0.25) is 0 Å². The Morgan fingerprint density at radius 2 is 1.96 bits per heavy atom. The molecule has 118 valence electrons. The van der Waals surface area contributed by atoms with Crippen LogP contribution in [0.3, 0.4) is 0 Å². The summed E-state index contributed by atoms with van der Waals surface area (Å²) in [5.74, 6) is 0.638. The Balaban J connectivity index is 1.66. The van der Waals surface area contributed by atoms with Crippen LogP contribution >= 0.6 is 0 Å². The first-order valence-corrected chi connectivity index (χ1v) is 7.54. The van der Waals surface area contributed by atoms with Crippen LogP contribution in [-0.4, -0.2) is 40.6 Å². The van der Waals surface area contributed by atoms with E-state index in [2.05, 4.69) is 54.4 Å². The van der Waals surface area contributed by atoms with Gasteiger partial charge in [-0.1, -0.05) is 12.1 Å². The van der Waals surface area contributed by atoms with E-state index < -0.39 is 0 Å². The van der Waals surface area contributed by atoms with Crippen LogP contribution in [0.15, 0.2) is 49.1 Å². The molecular weight excluding hydrogens is 288 g/mol.